The third-order valence-corrected chi connectivity index (χ3v) is 5.91. The number of amides is 1. The van der Waals surface area contributed by atoms with Crippen molar-refractivity contribution in [3.05, 3.63) is 48.2 Å². The number of hydrogen-bond acceptors (Lipinski definition) is 5. The zero-order chi connectivity index (χ0) is 17.9. The van der Waals surface area contributed by atoms with Crippen molar-refractivity contribution in [2.45, 2.75) is 26.2 Å². The molecule has 3 heterocycles. The highest BCUT2D eigenvalue weighted by atomic mass is 32.1. The molecular weight excluding hydrogens is 344 g/mol. The van der Waals surface area contributed by atoms with Gasteiger partial charge in [0.25, 0.3) is 0 Å². The summed E-state index contributed by atoms with van der Waals surface area (Å²) in [5.41, 5.74) is 3.03. The van der Waals surface area contributed by atoms with E-state index in [9.17, 15) is 4.79 Å². The van der Waals surface area contributed by atoms with Gasteiger partial charge in [0.2, 0.25) is 5.91 Å². The van der Waals surface area contributed by atoms with E-state index in [1.54, 1.807) is 17.5 Å². The van der Waals surface area contributed by atoms with E-state index in [1.165, 1.54) is 5.56 Å². The Bertz CT molecular complexity index is 890. The number of nitrogens with one attached hydrogen (secondary N) is 1. The normalized spacial score (nSPS) is 17.4. The van der Waals surface area contributed by atoms with Crippen LogP contribution in [0.3, 0.4) is 0 Å². The van der Waals surface area contributed by atoms with Crippen molar-refractivity contribution in [2.24, 2.45) is 5.92 Å². The van der Waals surface area contributed by atoms with Gasteiger partial charge in [-0.25, -0.2) is 9.97 Å². The molecule has 1 aliphatic rings. The van der Waals surface area contributed by atoms with Crippen LogP contribution in [0.25, 0.3) is 10.3 Å². The first kappa shape index (κ1) is 17.0. The quantitative estimate of drug-likeness (QED) is 0.755. The van der Waals surface area contributed by atoms with Gasteiger partial charge in [-0.05, 0) is 43.0 Å². The molecular formula is C20H22N4OS. The van der Waals surface area contributed by atoms with Crippen LogP contribution in [0.2, 0.25) is 0 Å². The van der Waals surface area contributed by atoms with Gasteiger partial charge in [0, 0.05) is 25.0 Å². The van der Waals surface area contributed by atoms with Crippen LogP contribution < -0.4 is 10.2 Å². The molecule has 0 bridgehead atoms. The van der Waals surface area contributed by atoms with Crippen molar-refractivity contribution in [1.82, 2.24) is 9.97 Å². The number of nitrogens with zero attached hydrogens (tertiary/aromatic N) is 3. The maximum Gasteiger partial charge on any atom is 0.229 e. The van der Waals surface area contributed by atoms with E-state index in [4.69, 9.17) is 4.98 Å². The summed E-state index contributed by atoms with van der Waals surface area (Å²) >= 11 is 1.60. The maximum absolute atomic E-state index is 12.8. The van der Waals surface area contributed by atoms with E-state index < -0.39 is 0 Å². The average molecular weight is 366 g/mol. The molecule has 3 aromatic rings. The second-order valence-corrected chi connectivity index (χ2v) is 7.57. The molecule has 0 unspecified atom stereocenters. The first-order valence-corrected chi connectivity index (χ1v) is 9.91. The lowest BCUT2D eigenvalue weighted by atomic mass is 9.97. The zero-order valence-corrected chi connectivity index (χ0v) is 15.6. The minimum atomic E-state index is -0.0198. The molecule has 26 heavy (non-hydrogen) atoms. The van der Waals surface area contributed by atoms with Crippen LogP contribution in [0, 0.1) is 5.92 Å². The van der Waals surface area contributed by atoms with Gasteiger partial charge in [-0.2, -0.15) is 0 Å². The van der Waals surface area contributed by atoms with Crippen LogP contribution in [-0.4, -0.2) is 29.0 Å². The number of thiazole rings is 1. The van der Waals surface area contributed by atoms with Crippen molar-refractivity contribution in [2.75, 3.05) is 23.3 Å². The van der Waals surface area contributed by atoms with Crippen LogP contribution >= 0.6 is 11.3 Å². The van der Waals surface area contributed by atoms with Gasteiger partial charge in [0.15, 0.2) is 5.13 Å². The summed E-state index contributed by atoms with van der Waals surface area (Å²) in [4.78, 5) is 25.1. The molecule has 134 valence electrons. The van der Waals surface area contributed by atoms with Gasteiger partial charge in [0.1, 0.15) is 10.3 Å². The van der Waals surface area contributed by atoms with E-state index in [0.29, 0.717) is 6.54 Å². The average Bonchev–Trinajstić information content (AvgIpc) is 3.13. The first-order valence-electron chi connectivity index (χ1n) is 9.10. The minimum Gasteiger partial charge on any atom is -0.347 e. The highest BCUT2D eigenvalue weighted by Gasteiger charge is 2.27. The Hall–Kier alpha value is -2.47. The van der Waals surface area contributed by atoms with Crippen LogP contribution in [-0.2, 0) is 11.2 Å². The van der Waals surface area contributed by atoms with Crippen molar-refractivity contribution in [3.63, 3.8) is 0 Å². The minimum absolute atomic E-state index is 0.0198. The molecule has 1 amide bonds. The monoisotopic (exact) mass is 366 g/mol. The summed E-state index contributed by atoms with van der Waals surface area (Å²) < 4.78 is 0. The van der Waals surface area contributed by atoms with Crippen LogP contribution in [0.4, 0.5) is 10.8 Å². The Kier molecular flexibility index (Phi) is 4.84. The summed E-state index contributed by atoms with van der Waals surface area (Å²) in [6.07, 6.45) is 4.62. The molecule has 0 saturated carbocycles. The van der Waals surface area contributed by atoms with E-state index in [1.807, 2.05) is 30.3 Å². The third-order valence-electron chi connectivity index (χ3n) is 4.87. The topological polar surface area (TPSA) is 58.1 Å². The Labute approximate surface area is 157 Å². The standard InChI is InChI=1S/C20H22N4OS/c1-2-14-7-3-4-9-16(14)22-18(25)15-8-6-12-24(13-15)20-23-17-10-5-11-21-19(17)26-20/h3-5,7,9-11,15H,2,6,8,12-13H2,1H3,(H,22,25)/t15-/m1/s1. The number of carbonyl (C=O) groups excluding carboxylic acids is 1. The summed E-state index contributed by atoms with van der Waals surface area (Å²) in [5.74, 6) is 0.0865. The largest absolute Gasteiger partial charge is 0.347 e. The van der Waals surface area contributed by atoms with Crippen LogP contribution in [0.1, 0.15) is 25.3 Å². The number of aromatic nitrogens is 2. The number of benzene rings is 1. The summed E-state index contributed by atoms with van der Waals surface area (Å²) in [6.45, 7) is 3.75. The first-order chi connectivity index (χ1) is 12.7. The summed E-state index contributed by atoms with van der Waals surface area (Å²) in [5, 5.41) is 4.10. The summed E-state index contributed by atoms with van der Waals surface area (Å²) in [7, 11) is 0. The van der Waals surface area contributed by atoms with Crippen molar-refractivity contribution < 1.29 is 4.79 Å². The van der Waals surface area contributed by atoms with Crippen molar-refractivity contribution in [1.29, 1.82) is 0 Å². The van der Waals surface area contributed by atoms with Gasteiger partial charge in [0.05, 0.1) is 5.92 Å². The van der Waals surface area contributed by atoms with Gasteiger partial charge in [-0.1, -0.05) is 36.5 Å². The number of hydrogen-bond donors (Lipinski definition) is 1. The number of piperidine rings is 1. The molecule has 1 aromatic carbocycles. The number of pyridine rings is 1. The number of carbonyl (C=O) groups is 1. The molecule has 1 aliphatic heterocycles. The second kappa shape index (κ2) is 7.41. The molecule has 0 radical (unpaired) electrons. The fraction of sp³-hybridized carbons (Fsp3) is 0.350. The molecule has 6 heteroatoms. The van der Waals surface area contributed by atoms with E-state index >= 15 is 0 Å². The Morgan fingerprint density at radius 1 is 1.31 bits per heavy atom. The molecule has 5 nitrogen and oxygen atoms in total. The Morgan fingerprint density at radius 3 is 3.04 bits per heavy atom. The Balaban J connectivity index is 1.48. The number of anilines is 2. The number of aryl methyl sites for hydroxylation is 1. The van der Waals surface area contributed by atoms with Crippen molar-refractivity contribution in [3.8, 4) is 0 Å². The molecule has 2 aromatic heterocycles. The van der Waals surface area contributed by atoms with Gasteiger partial charge in [-0.3, -0.25) is 4.79 Å². The fourth-order valence-electron chi connectivity index (χ4n) is 3.44. The van der Waals surface area contributed by atoms with Crippen LogP contribution in [0.15, 0.2) is 42.6 Å². The smallest absolute Gasteiger partial charge is 0.229 e. The fourth-order valence-corrected chi connectivity index (χ4v) is 4.39. The molecule has 0 aliphatic carbocycles. The molecule has 1 atom stereocenters. The lowest BCUT2D eigenvalue weighted by molar-refractivity contribution is -0.120. The molecule has 0 spiro atoms. The SMILES string of the molecule is CCc1ccccc1NC(=O)[C@@H]1CCCN(c2nc3cccnc3s2)C1. The zero-order valence-electron chi connectivity index (χ0n) is 14.8. The number of rotatable bonds is 4. The van der Waals surface area contributed by atoms with Crippen LogP contribution in [0.5, 0.6) is 0 Å². The molecule has 1 saturated heterocycles. The Morgan fingerprint density at radius 2 is 2.19 bits per heavy atom. The maximum atomic E-state index is 12.8. The van der Waals surface area contributed by atoms with Gasteiger partial charge >= 0.3 is 0 Å². The highest BCUT2D eigenvalue weighted by molar-refractivity contribution is 7.21. The lowest BCUT2D eigenvalue weighted by Crippen LogP contribution is -2.40. The third kappa shape index (κ3) is 3.42. The number of fused-ring (bicyclic) bond motifs is 1. The van der Waals surface area contributed by atoms with Crippen molar-refractivity contribution >= 4 is 38.4 Å². The van der Waals surface area contributed by atoms with E-state index in [2.05, 4.69) is 28.2 Å². The molecule has 1 N–H and O–H groups in total. The molecule has 1 fully saturated rings. The predicted octanol–water partition coefficient (Wildman–Crippen LogP) is 4.11. The number of para-hydroxylation sites is 1. The highest BCUT2D eigenvalue weighted by Crippen LogP contribution is 2.30. The lowest BCUT2D eigenvalue weighted by Gasteiger charge is -2.31. The van der Waals surface area contributed by atoms with Gasteiger partial charge < -0.3 is 10.2 Å². The second-order valence-electron chi connectivity index (χ2n) is 6.61. The van der Waals surface area contributed by atoms with E-state index in [0.717, 1.165) is 47.0 Å². The summed E-state index contributed by atoms with van der Waals surface area (Å²) in [6, 6.07) is 11.9. The van der Waals surface area contributed by atoms with E-state index in [-0.39, 0.29) is 11.8 Å². The van der Waals surface area contributed by atoms with Gasteiger partial charge in [-0.15, -0.1) is 0 Å². The molecule has 4 rings (SSSR count). The predicted molar refractivity (Wildman–Crippen MR) is 107 cm³/mol.